The zero-order valence-electron chi connectivity index (χ0n) is 7.23. The average molecular weight is 179 g/mol. The lowest BCUT2D eigenvalue weighted by Crippen LogP contribution is -2.11. The number of aromatic nitrogens is 2. The van der Waals surface area contributed by atoms with Gasteiger partial charge in [0, 0.05) is 6.20 Å². The van der Waals surface area contributed by atoms with E-state index in [9.17, 15) is 4.79 Å². The van der Waals surface area contributed by atoms with Crippen LogP contribution in [0.1, 0.15) is 6.92 Å². The molecule has 0 bridgehead atoms. The van der Waals surface area contributed by atoms with Gasteiger partial charge in [0.1, 0.15) is 6.54 Å². The van der Waals surface area contributed by atoms with Crippen LogP contribution in [0.4, 0.5) is 5.82 Å². The third kappa shape index (κ3) is 2.60. The van der Waals surface area contributed by atoms with E-state index in [1.165, 1.54) is 17.1 Å². The van der Waals surface area contributed by atoms with E-state index >= 15 is 0 Å². The Bertz CT molecular complexity index is 337. The maximum absolute atomic E-state index is 11.0. The molecule has 0 aliphatic rings. The Morgan fingerprint density at radius 3 is 3.15 bits per heavy atom. The first-order chi connectivity index (χ1) is 6.26. The number of imidazole rings is 1. The van der Waals surface area contributed by atoms with Crippen LogP contribution in [0.5, 0.6) is 0 Å². The Kier molecular flexibility index (Phi) is 3.03. The molecule has 1 aromatic rings. The summed E-state index contributed by atoms with van der Waals surface area (Å²) in [5.74, 6) is -0.0410. The third-order valence-corrected chi connectivity index (χ3v) is 1.35. The predicted molar refractivity (Wildman–Crippen MR) is 45.1 cm³/mol. The minimum absolute atomic E-state index is 0.107. The molecule has 0 aromatic carbocycles. The summed E-state index contributed by atoms with van der Waals surface area (Å²) in [5, 5.41) is 0. The van der Waals surface area contributed by atoms with Gasteiger partial charge in [-0.15, -0.1) is 4.98 Å². The van der Waals surface area contributed by atoms with Crippen molar-refractivity contribution in [2.45, 2.75) is 13.5 Å². The summed E-state index contributed by atoms with van der Waals surface area (Å²) < 4.78 is 6.24. The van der Waals surface area contributed by atoms with Crippen molar-refractivity contribution in [1.29, 1.82) is 0 Å². The zero-order chi connectivity index (χ0) is 9.68. The highest BCUT2D eigenvalue weighted by Gasteiger charge is 2.04. The van der Waals surface area contributed by atoms with E-state index in [4.69, 9.17) is 11.3 Å². The lowest BCUT2D eigenvalue weighted by Gasteiger charge is -2.00. The van der Waals surface area contributed by atoms with Crippen molar-refractivity contribution in [3.05, 3.63) is 23.9 Å². The van der Waals surface area contributed by atoms with Crippen LogP contribution in [0.25, 0.3) is 4.85 Å². The van der Waals surface area contributed by atoms with Crippen molar-refractivity contribution < 1.29 is 9.53 Å². The van der Waals surface area contributed by atoms with Gasteiger partial charge in [-0.3, -0.25) is 4.79 Å². The van der Waals surface area contributed by atoms with Crippen LogP contribution in [0.15, 0.2) is 12.5 Å². The number of esters is 1. The molecule has 0 aliphatic heterocycles. The van der Waals surface area contributed by atoms with Crippen LogP contribution in [0.3, 0.4) is 0 Å². The van der Waals surface area contributed by atoms with Crippen LogP contribution in [0, 0.1) is 6.57 Å². The van der Waals surface area contributed by atoms with Gasteiger partial charge in [-0.1, -0.05) is 6.57 Å². The molecule has 0 aliphatic carbocycles. The van der Waals surface area contributed by atoms with Crippen LogP contribution in [0.2, 0.25) is 0 Å². The Hall–Kier alpha value is -1.83. The van der Waals surface area contributed by atoms with Crippen molar-refractivity contribution >= 4 is 11.8 Å². The van der Waals surface area contributed by atoms with E-state index in [1.54, 1.807) is 6.92 Å². The number of hydrogen-bond acceptors (Lipinski definition) is 3. The summed E-state index contributed by atoms with van der Waals surface area (Å²) in [4.78, 5) is 17.8. The summed E-state index contributed by atoms with van der Waals surface area (Å²) in [7, 11) is 0. The smallest absolute Gasteiger partial charge is 0.325 e. The zero-order valence-corrected chi connectivity index (χ0v) is 7.23. The van der Waals surface area contributed by atoms with E-state index < -0.39 is 0 Å². The van der Waals surface area contributed by atoms with Crippen LogP contribution in [-0.4, -0.2) is 22.1 Å². The van der Waals surface area contributed by atoms with Gasteiger partial charge in [-0.05, 0) is 6.92 Å². The molecule has 0 atom stereocenters. The molecular weight excluding hydrogens is 170 g/mol. The second-order valence-electron chi connectivity index (χ2n) is 2.32. The Balaban J connectivity index is 2.55. The number of nitrogens with zero attached hydrogens (tertiary/aromatic N) is 3. The van der Waals surface area contributed by atoms with Gasteiger partial charge >= 0.3 is 5.97 Å². The standard InChI is InChI=1S/C8H9N3O2/c1-3-13-8(12)5-11-4-7(9-2)10-6-11/h4,6H,3,5H2,1H3. The molecule has 0 radical (unpaired) electrons. The highest BCUT2D eigenvalue weighted by molar-refractivity contribution is 5.69. The molecule has 5 nitrogen and oxygen atoms in total. The van der Waals surface area contributed by atoms with Gasteiger partial charge in [0.2, 0.25) is 0 Å². The number of carbonyl (C=O) groups is 1. The molecule has 0 fully saturated rings. The van der Waals surface area contributed by atoms with Crippen molar-refractivity contribution in [1.82, 2.24) is 9.55 Å². The van der Waals surface area contributed by atoms with E-state index in [0.717, 1.165) is 0 Å². The first-order valence-corrected chi connectivity index (χ1v) is 3.81. The van der Waals surface area contributed by atoms with Crippen LogP contribution in [-0.2, 0) is 16.1 Å². The molecule has 13 heavy (non-hydrogen) atoms. The third-order valence-electron chi connectivity index (χ3n) is 1.35. The molecule has 0 saturated carbocycles. The molecule has 1 rings (SSSR count). The van der Waals surface area contributed by atoms with Gasteiger partial charge < -0.3 is 14.1 Å². The Morgan fingerprint density at radius 1 is 1.85 bits per heavy atom. The second kappa shape index (κ2) is 4.26. The van der Waals surface area contributed by atoms with Gasteiger partial charge in [0.15, 0.2) is 6.33 Å². The van der Waals surface area contributed by atoms with Crippen molar-refractivity contribution in [3.8, 4) is 0 Å². The highest BCUT2D eigenvalue weighted by atomic mass is 16.5. The minimum atomic E-state index is -0.323. The molecule has 0 N–H and O–H groups in total. The fraction of sp³-hybridized carbons (Fsp3) is 0.375. The number of ether oxygens (including phenoxy) is 1. The Labute approximate surface area is 75.8 Å². The van der Waals surface area contributed by atoms with E-state index in [1.807, 2.05) is 0 Å². The molecule has 1 aromatic heterocycles. The lowest BCUT2D eigenvalue weighted by molar-refractivity contribution is -0.143. The number of carbonyl (C=O) groups excluding carboxylic acids is 1. The molecule has 68 valence electrons. The molecule has 0 amide bonds. The first kappa shape index (κ1) is 9.26. The van der Waals surface area contributed by atoms with Gasteiger partial charge in [-0.2, -0.15) is 0 Å². The quantitative estimate of drug-likeness (QED) is 0.513. The predicted octanol–water partition coefficient (Wildman–Crippen LogP) is 0.997. The van der Waals surface area contributed by atoms with E-state index in [-0.39, 0.29) is 18.3 Å². The monoisotopic (exact) mass is 179 g/mol. The Morgan fingerprint density at radius 2 is 2.62 bits per heavy atom. The van der Waals surface area contributed by atoms with Crippen LogP contribution < -0.4 is 0 Å². The maximum atomic E-state index is 11.0. The van der Waals surface area contributed by atoms with E-state index in [2.05, 4.69) is 9.83 Å². The van der Waals surface area contributed by atoms with Crippen molar-refractivity contribution in [3.63, 3.8) is 0 Å². The highest BCUT2D eigenvalue weighted by Crippen LogP contribution is 2.05. The minimum Gasteiger partial charge on any atom is -0.465 e. The number of hydrogen-bond donors (Lipinski definition) is 0. The summed E-state index contributed by atoms with van der Waals surface area (Å²) in [6.07, 6.45) is 2.94. The molecule has 0 saturated heterocycles. The summed E-state index contributed by atoms with van der Waals surface area (Å²) in [6.45, 7) is 8.87. The molecule has 0 spiro atoms. The summed E-state index contributed by atoms with van der Waals surface area (Å²) in [5.41, 5.74) is 0. The largest absolute Gasteiger partial charge is 0.465 e. The molecular formula is C8H9N3O2. The lowest BCUT2D eigenvalue weighted by atomic mass is 10.6. The topological polar surface area (TPSA) is 48.5 Å². The van der Waals surface area contributed by atoms with Gasteiger partial charge in [0.25, 0.3) is 5.82 Å². The van der Waals surface area contributed by atoms with E-state index in [0.29, 0.717) is 6.61 Å². The fourth-order valence-electron chi connectivity index (χ4n) is 0.848. The second-order valence-corrected chi connectivity index (χ2v) is 2.32. The summed E-state index contributed by atoms with van der Waals surface area (Å²) in [6, 6.07) is 0. The first-order valence-electron chi connectivity index (χ1n) is 3.81. The normalized spacial score (nSPS) is 9.23. The SMILES string of the molecule is [C-]#[N+]c1cn(CC(=O)OCC)cn1. The molecule has 0 unspecified atom stereocenters. The fourth-order valence-corrected chi connectivity index (χ4v) is 0.848. The number of rotatable bonds is 3. The molecule has 1 heterocycles. The van der Waals surface area contributed by atoms with Crippen molar-refractivity contribution in [2.75, 3.05) is 6.61 Å². The van der Waals surface area contributed by atoms with Crippen LogP contribution >= 0.6 is 0 Å². The van der Waals surface area contributed by atoms with Crippen molar-refractivity contribution in [2.24, 2.45) is 0 Å². The average Bonchev–Trinajstić information content (AvgIpc) is 2.52. The maximum Gasteiger partial charge on any atom is 0.325 e. The molecule has 5 heteroatoms. The van der Waals surface area contributed by atoms with Gasteiger partial charge in [0.05, 0.1) is 6.61 Å². The van der Waals surface area contributed by atoms with Gasteiger partial charge in [-0.25, -0.2) is 0 Å². The summed E-state index contributed by atoms with van der Waals surface area (Å²) >= 11 is 0.